The van der Waals surface area contributed by atoms with E-state index in [4.69, 9.17) is 0 Å². The molecule has 1 atom stereocenters. The van der Waals surface area contributed by atoms with Crippen LogP contribution in [0.2, 0.25) is 0 Å². The molecule has 4 nitrogen and oxygen atoms in total. The minimum Gasteiger partial charge on any atom is -0.329 e. The molecule has 0 saturated heterocycles. The van der Waals surface area contributed by atoms with Gasteiger partial charge in [0.1, 0.15) is 5.82 Å². The Hall–Kier alpha value is -2.95. The van der Waals surface area contributed by atoms with Crippen LogP contribution in [-0.4, -0.2) is 26.9 Å². The second-order valence-corrected chi connectivity index (χ2v) is 5.91. The quantitative estimate of drug-likeness (QED) is 0.692. The smallest absolute Gasteiger partial charge is 0.290 e. The van der Waals surface area contributed by atoms with Crippen LogP contribution in [-0.2, 0) is 6.54 Å². The number of carbonyl (C=O) groups excluding carboxylic acids is 1. The van der Waals surface area contributed by atoms with Gasteiger partial charge in [-0.05, 0) is 29.8 Å². The van der Waals surface area contributed by atoms with E-state index in [1.165, 1.54) is 12.1 Å². The van der Waals surface area contributed by atoms with Gasteiger partial charge in [-0.3, -0.25) is 4.79 Å². The van der Waals surface area contributed by atoms with Gasteiger partial charge in [-0.15, -0.1) is 6.58 Å². The monoisotopic (exact) mass is 321 g/mol. The number of amides is 1. The Bertz CT molecular complexity index is 929. The first kappa shape index (κ1) is 14.6. The highest BCUT2D eigenvalue weighted by atomic mass is 19.1. The van der Waals surface area contributed by atoms with Crippen LogP contribution in [0.4, 0.5) is 4.39 Å². The lowest BCUT2D eigenvalue weighted by Gasteiger charge is -2.32. The lowest BCUT2D eigenvalue weighted by Crippen LogP contribution is -2.42. The van der Waals surface area contributed by atoms with Crippen molar-refractivity contribution in [2.75, 3.05) is 6.54 Å². The second kappa shape index (κ2) is 5.60. The van der Waals surface area contributed by atoms with Crippen LogP contribution < -0.4 is 0 Å². The average Bonchev–Trinajstić information content (AvgIpc) is 2.99. The van der Waals surface area contributed by atoms with E-state index in [1.54, 1.807) is 17.0 Å². The third kappa shape index (κ3) is 2.29. The van der Waals surface area contributed by atoms with Gasteiger partial charge in [0.25, 0.3) is 5.91 Å². The first-order valence-corrected chi connectivity index (χ1v) is 7.80. The molecule has 2 aromatic carbocycles. The molecule has 0 saturated carbocycles. The molecular weight excluding hydrogens is 305 g/mol. The number of hydrogen-bond acceptors (Lipinski definition) is 2. The van der Waals surface area contributed by atoms with Gasteiger partial charge >= 0.3 is 0 Å². The molecule has 0 unspecified atom stereocenters. The Morgan fingerprint density at radius 3 is 2.71 bits per heavy atom. The highest BCUT2D eigenvalue weighted by Gasteiger charge is 2.32. The van der Waals surface area contributed by atoms with E-state index >= 15 is 0 Å². The van der Waals surface area contributed by atoms with Crippen LogP contribution >= 0.6 is 0 Å². The number of fused-ring (bicyclic) bond motifs is 3. The van der Waals surface area contributed by atoms with Crippen molar-refractivity contribution in [1.82, 2.24) is 14.5 Å². The number of imidazole rings is 1. The van der Waals surface area contributed by atoms with Gasteiger partial charge in [-0.1, -0.05) is 30.3 Å². The lowest BCUT2D eigenvalue weighted by molar-refractivity contribution is 0.0668. The zero-order valence-electron chi connectivity index (χ0n) is 13.0. The van der Waals surface area contributed by atoms with Crippen LogP contribution in [0.15, 0.2) is 61.2 Å². The number of carbonyl (C=O) groups is 1. The fraction of sp³-hybridized carbons (Fsp3) is 0.158. The standard InChI is InChI=1S/C19H16FN3O/c1-2-15-12-22(11-13-7-9-14(20)10-8-13)19(24)18-21-16-5-3-4-6-17(16)23(15)18/h2-10,15H,1,11-12H2/t15-/m0/s1. The van der Waals surface area contributed by atoms with Crippen molar-refractivity contribution in [1.29, 1.82) is 0 Å². The van der Waals surface area contributed by atoms with Gasteiger partial charge in [-0.2, -0.15) is 0 Å². The molecule has 2 heterocycles. The molecule has 0 fully saturated rings. The fourth-order valence-electron chi connectivity index (χ4n) is 3.19. The van der Waals surface area contributed by atoms with Gasteiger partial charge in [0.2, 0.25) is 5.82 Å². The fourth-order valence-corrected chi connectivity index (χ4v) is 3.19. The van der Waals surface area contributed by atoms with Gasteiger partial charge < -0.3 is 9.47 Å². The summed E-state index contributed by atoms with van der Waals surface area (Å²) >= 11 is 0. The van der Waals surface area contributed by atoms with Gasteiger partial charge in [-0.25, -0.2) is 9.37 Å². The van der Waals surface area contributed by atoms with E-state index in [1.807, 2.05) is 34.9 Å². The Morgan fingerprint density at radius 1 is 1.21 bits per heavy atom. The number of benzene rings is 2. The average molecular weight is 321 g/mol. The number of para-hydroxylation sites is 2. The highest BCUT2D eigenvalue weighted by molar-refractivity contribution is 5.96. The van der Waals surface area contributed by atoms with Crippen molar-refractivity contribution in [3.63, 3.8) is 0 Å². The molecule has 0 N–H and O–H groups in total. The van der Waals surface area contributed by atoms with Gasteiger partial charge in [0.05, 0.1) is 17.1 Å². The first-order valence-electron chi connectivity index (χ1n) is 7.80. The summed E-state index contributed by atoms with van der Waals surface area (Å²) in [5, 5.41) is 0. The number of nitrogens with zero attached hydrogens (tertiary/aromatic N) is 3. The Morgan fingerprint density at radius 2 is 1.96 bits per heavy atom. The summed E-state index contributed by atoms with van der Waals surface area (Å²) in [7, 11) is 0. The van der Waals surface area contributed by atoms with Crippen molar-refractivity contribution < 1.29 is 9.18 Å². The zero-order valence-corrected chi connectivity index (χ0v) is 13.0. The number of aromatic nitrogens is 2. The van der Waals surface area contributed by atoms with Crippen LogP contribution in [0.5, 0.6) is 0 Å². The predicted octanol–water partition coefficient (Wildman–Crippen LogP) is 3.56. The molecule has 0 aliphatic carbocycles. The van der Waals surface area contributed by atoms with Crippen molar-refractivity contribution in [2.45, 2.75) is 12.6 Å². The van der Waals surface area contributed by atoms with Gasteiger partial charge in [0, 0.05) is 13.1 Å². The van der Waals surface area contributed by atoms with Gasteiger partial charge in [0.15, 0.2) is 0 Å². The van der Waals surface area contributed by atoms with Crippen molar-refractivity contribution in [2.24, 2.45) is 0 Å². The van der Waals surface area contributed by atoms with Crippen molar-refractivity contribution in [3.8, 4) is 0 Å². The maximum atomic E-state index is 13.1. The van der Waals surface area contributed by atoms with E-state index in [0.29, 0.717) is 18.9 Å². The largest absolute Gasteiger partial charge is 0.329 e. The summed E-state index contributed by atoms with van der Waals surface area (Å²) in [6.45, 7) is 4.86. The molecule has 1 aromatic heterocycles. The first-order chi connectivity index (χ1) is 11.7. The van der Waals surface area contributed by atoms with Crippen molar-refractivity contribution in [3.05, 3.63) is 78.4 Å². The molecule has 1 aliphatic heterocycles. The molecule has 5 heteroatoms. The summed E-state index contributed by atoms with van der Waals surface area (Å²) in [6.07, 6.45) is 1.84. The highest BCUT2D eigenvalue weighted by Crippen LogP contribution is 2.28. The van der Waals surface area contributed by atoms with E-state index < -0.39 is 0 Å². The van der Waals surface area contributed by atoms with Crippen molar-refractivity contribution >= 4 is 16.9 Å². The molecule has 0 spiro atoms. The molecule has 0 bridgehead atoms. The molecule has 3 aromatic rings. The maximum Gasteiger partial charge on any atom is 0.290 e. The number of hydrogen-bond donors (Lipinski definition) is 0. The number of halogens is 1. The SMILES string of the molecule is C=C[C@H]1CN(Cc2ccc(F)cc2)C(=O)c2nc3ccccc3n21. The summed E-state index contributed by atoms with van der Waals surface area (Å²) in [5.41, 5.74) is 2.63. The van der Waals surface area contributed by atoms with Crippen LogP contribution in [0.25, 0.3) is 11.0 Å². The molecule has 24 heavy (non-hydrogen) atoms. The van der Waals surface area contributed by atoms with E-state index in [9.17, 15) is 9.18 Å². The Balaban J connectivity index is 1.74. The number of rotatable bonds is 3. The Kier molecular flexibility index (Phi) is 3.41. The summed E-state index contributed by atoms with van der Waals surface area (Å²) in [5.74, 6) is 0.0255. The van der Waals surface area contributed by atoms with E-state index in [2.05, 4.69) is 11.6 Å². The van der Waals surface area contributed by atoms with Crippen LogP contribution in [0.3, 0.4) is 0 Å². The van der Waals surface area contributed by atoms with E-state index in [0.717, 1.165) is 16.6 Å². The van der Waals surface area contributed by atoms with Crippen LogP contribution in [0.1, 0.15) is 22.2 Å². The minimum absolute atomic E-state index is 0.0365. The lowest BCUT2D eigenvalue weighted by atomic mass is 10.1. The van der Waals surface area contributed by atoms with E-state index in [-0.39, 0.29) is 17.8 Å². The second-order valence-electron chi connectivity index (χ2n) is 5.91. The normalized spacial score (nSPS) is 17.1. The molecule has 4 rings (SSSR count). The molecule has 1 aliphatic rings. The third-order valence-corrected chi connectivity index (χ3v) is 4.37. The topological polar surface area (TPSA) is 38.1 Å². The minimum atomic E-state index is -0.283. The van der Waals surface area contributed by atoms with Crippen LogP contribution in [0, 0.1) is 5.82 Å². The summed E-state index contributed by atoms with van der Waals surface area (Å²) in [4.78, 5) is 19.1. The summed E-state index contributed by atoms with van der Waals surface area (Å²) < 4.78 is 15.0. The molecular formula is C19H16FN3O. The Labute approximate surface area is 138 Å². The summed E-state index contributed by atoms with van der Waals surface area (Å²) in [6, 6.07) is 13.9. The molecule has 0 radical (unpaired) electrons. The predicted molar refractivity (Wildman–Crippen MR) is 90.1 cm³/mol. The zero-order chi connectivity index (χ0) is 16.7. The maximum absolute atomic E-state index is 13.1. The molecule has 120 valence electrons. The third-order valence-electron chi connectivity index (χ3n) is 4.37. The molecule has 1 amide bonds.